The minimum Gasteiger partial charge on any atom is -0.318 e. The molecule has 0 saturated carbocycles. The van der Waals surface area contributed by atoms with Crippen molar-refractivity contribution in [1.82, 2.24) is 0 Å². The molecule has 1 rings (SSSR count). The summed E-state index contributed by atoms with van der Waals surface area (Å²) in [5.41, 5.74) is -2.78. The standard InChI is InChI=1S/C8H7ClF3N3O4S/c9-7(10)8(11,12)20(18,19)4-1-2-5(14-13)6(3-4)15(16)17/h1-3,7,14H,13H2/t7-/m0/s1. The van der Waals surface area contributed by atoms with Crippen molar-refractivity contribution in [2.45, 2.75) is 15.8 Å². The average molecular weight is 334 g/mol. The zero-order valence-electron chi connectivity index (χ0n) is 9.39. The van der Waals surface area contributed by atoms with Gasteiger partial charge in [-0.15, -0.1) is 0 Å². The molecule has 0 aliphatic rings. The number of nitro groups is 1. The summed E-state index contributed by atoms with van der Waals surface area (Å²) >= 11 is 4.50. The van der Waals surface area contributed by atoms with Crippen molar-refractivity contribution in [3.8, 4) is 0 Å². The van der Waals surface area contributed by atoms with E-state index in [1.165, 1.54) is 0 Å². The maximum atomic E-state index is 13.2. The Balaban J connectivity index is 3.49. The number of sulfone groups is 1. The molecule has 20 heavy (non-hydrogen) atoms. The first kappa shape index (κ1) is 16.5. The van der Waals surface area contributed by atoms with Gasteiger partial charge in [0.1, 0.15) is 5.69 Å². The fourth-order valence-electron chi connectivity index (χ4n) is 1.23. The number of anilines is 1. The average Bonchev–Trinajstić information content (AvgIpc) is 2.37. The Kier molecular flexibility index (Phi) is 4.46. The van der Waals surface area contributed by atoms with E-state index in [2.05, 4.69) is 11.6 Å². The summed E-state index contributed by atoms with van der Waals surface area (Å²) in [6, 6.07) is 1.74. The first-order chi connectivity index (χ1) is 9.05. The minimum absolute atomic E-state index is 0.306. The Morgan fingerprint density at radius 2 is 2.00 bits per heavy atom. The van der Waals surface area contributed by atoms with E-state index in [4.69, 9.17) is 5.84 Å². The van der Waals surface area contributed by atoms with Crippen molar-refractivity contribution in [2.75, 3.05) is 5.43 Å². The Hall–Kier alpha value is -1.59. The molecule has 0 saturated heterocycles. The first-order valence-electron chi connectivity index (χ1n) is 4.71. The van der Waals surface area contributed by atoms with Gasteiger partial charge in [-0.1, -0.05) is 11.6 Å². The number of halogens is 4. The highest BCUT2D eigenvalue weighted by molar-refractivity contribution is 7.92. The molecule has 7 nitrogen and oxygen atoms in total. The summed E-state index contributed by atoms with van der Waals surface area (Å²) in [6.07, 6.45) is 0. The number of hydrogen-bond acceptors (Lipinski definition) is 6. The number of hydrazine groups is 1. The van der Waals surface area contributed by atoms with E-state index in [1.54, 1.807) is 0 Å². The Labute approximate surface area is 115 Å². The van der Waals surface area contributed by atoms with Crippen LogP contribution in [0.15, 0.2) is 23.1 Å². The number of nitro benzene ring substituents is 1. The quantitative estimate of drug-likeness (QED) is 0.367. The van der Waals surface area contributed by atoms with Gasteiger partial charge in [0.05, 0.1) is 9.82 Å². The Bertz CT molecular complexity index is 638. The van der Waals surface area contributed by atoms with Crippen LogP contribution in [0.3, 0.4) is 0 Å². The lowest BCUT2D eigenvalue weighted by Gasteiger charge is -2.16. The number of nitrogens with two attached hydrogens (primary N) is 1. The highest BCUT2D eigenvalue weighted by Gasteiger charge is 2.53. The van der Waals surface area contributed by atoms with E-state index < -0.39 is 36.2 Å². The van der Waals surface area contributed by atoms with Gasteiger partial charge in [0.2, 0.25) is 9.84 Å². The molecule has 3 N–H and O–H groups in total. The zero-order chi connectivity index (χ0) is 15.7. The summed E-state index contributed by atoms with van der Waals surface area (Å²) in [6.45, 7) is 0. The fraction of sp³-hybridized carbons (Fsp3) is 0.250. The molecule has 0 bridgehead atoms. The lowest BCUT2D eigenvalue weighted by Crippen LogP contribution is -2.36. The predicted octanol–water partition coefficient (Wildman–Crippen LogP) is 1.78. The van der Waals surface area contributed by atoms with Crippen molar-refractivity contribution in [1.29, 1.82) is 0 Å². The van der Waals surface area contributed by atoms with Gasteiger partial charge in [0, 0.05) is 6.07 Å². The fourth-order valence-corrected chi connectivity index (χ4v) is 2.64. The van der Waals surface area contributed by atoms with E-state index in [0.717, 1.165) is 6.07 Å². The van der Waals surface area contributed by atoms with Crippen LogP contribution in [-0.4, -0.2) is 24.2 Å². The monoisotopic (exact) mass is 333 g/mol. The second-order valence-corrected chi connectivity index (χ2v) is 5.85. The van der Waals surface area contributed by atoms with Crippen LogP contribution < -0.4 is 11.3 Å². The molecule has 0 aliphatic heterocycles. The molecule has 0 heterocycles. The second kappa shape index (κ2) is 5.42. The highest BCUT2D eigenvalue weighted by atomic mass is 35.5. The van der Waals surface area contributed by atoms with Crippen LogP contribution in [0.25, 0.3) is 0 Å². The molecule has 0 aromatic heterocycles. The van der Waals surface area contributed by atoms with Crippen molar-refractivity contribution >= 4 is 32.8 Å². The van der Waals surface area contributed by atoms with Gasteiger partial charge in [-0.3, -0.25) is 16.0 Å². The molecule has 0 radical (unpaired) electrons. The molecular formula is C8H7ClF3N3O4S. The SMILES string of the molecule is NNc1ccc(S(=O)(=O)C(F)(F)[C@H](F)Cl)cc1[N+](=O)[O-]. The van der Waals surface area contributed by atoms with Gasteiger partial charge in [0.25, 0.3) is 11.3 Å². The van der Waals surface area contributed by atoms with Crippen LogP contribution >= 0.6 is 11.6 Å². The molecule has 1 aromatic rings. The van der Waals surface area contributed by atoms with Crippen LogP contribution in [0.2, 0.25) is 0 Å². The van der Waals surface area contributed by atoms with Crippen LogP contribution in [0.4, 0.5) is 24.5 Å². The Morgan fingerprint density at radius 1 is 1.45 bits per heavy atom. The van der Waals surface area contributed by atoms with Crippen LogP contribution in [0.1, 0.15) is 0 Å². The third-order valence-corrected chi connectivity index (χ3v) is 4.45. The number of benzene rings is 1. The maximum absolute atomic E-state index is 13.2. The predicted molar refractivity (Wildman–Crippen MR) is 63.8 cm³/mol. The number of nitrogens with one attached hydrogen (secondary N) is 1. The lowest BCUT2D eigenvalue weighted by molar-refractivity contribution is -0.384. The van der Waals surface area contributed by atoms with Crippen molar-refractivity contribution in [2.24, 2.45) is 5.84 Å². The molecule has 12 heteroatoms. The number of rotatable bonds is 5. The van der Waals surface area contributed by atoms with E-state index in [1.807, 2.05) is 5.43 Å². The summed E-state index contributed by atoms with van der Waals surface area (Å²) in [7, 11) is -5.53. The second-order valence-electron chi connectivity index (χ2n) is 3.45. The van der Waals surface area contributed by atoms with E-state index in [-0.39, 0.29) is 5.69 Å². The van der Waals surface area contributed by atoms with Crippen LogP contribution in [-0.2, 0) is 9.84 Å². The minimum atomic E-state index is -5.53. The number of nitrogens with zero attached hydrogens (tertiary/aromatic N) is 1. The van der Waals surface area contributed by atoms with E-state index in [0.29, 0.717) is 12.1 Å². The smallest absolute Gasteiger partial charge is 0.318 e. The van der Waals surface area contributed by atoms with Gasteiger partial charge >= 0.3 is 5.25 Å². The van der Waals surface area contributed by atoms with E-state index >= 15 is 0 Å². The number of hydrogen-bond donors (Lipinski definition) is 2. The van der Waals surface area contributed by atoms with Crippen molar-refractivity contribution < 1.29 is 26.5 Å². The molecular weight excluding hydrogens is 327 g/mol. The van der Waals surface area contributed by atoms with Gasteiger partial charge < -0.3 is 5.43 Å². The van der Waals surface area contributed by atoms with Crippen molar-refractivity contribution in [3.63, 3.8) is 0 Å². The lowest BCUT2D eigenvalue weighted by atomic mass is 10.3. The molecule has 0 fully saturated rings. The zero-order valence-corrected chi connectivity index (χ0v) is 11.0. The third-order valence-electron chi connectivity index (χ3n) is 2.24. The maximum Gasteiger partial charge on any atom is 0.393 e. The molecule has 0 aliphatic carbocycles. The summed E-state index contributed by atoms with van der Waals surface area (Å²) < 4.78 is 62.0. The summed E-state index contributed by atoms with van der Waals surface area (Å²) in [5, 5.41) is 5.74. The van der Waals surface area contributed by atoms with Gasteiger partial charge in [0.15, 0.2) is 0 Å². The van der Waals surface area contributed by atoms with Gasteiger partial charge in [-0.2, -0.15) is 8.78 Å². The van der Waals surface area contributed by atoms with Crippen LogP contribution in [0, 0.1) is 10.1 Å². The summed E-state index contributed by atoms with van der Waals surface area (Å²) in [5.74, 6) is 4.95. The normalized spacial score (nSPS) is 13.8. The third kappa shape index (κ3) is 2.64. The van der Waals surface area contributed by atoms with Crippen molar-refractivity contribution in [3.05, 3.63) is 28.3 Å². The molecule has 1 aromatic carbocycles. The van der Waals surface area contributed by atoms with Gasteiger partial charge in [-0.05, 0) is 12.1 Å². The molecule has 0 amide bonds. The van der Waals surface area contributed by atoms with Crippen LogP contribution in [0.5, 0.6) is 0 Å². The first-order valence-corrected chi connectivity index (χ1v) is 6.63. The molecule has 0 unspecified atom stereocenters. The molecule has 0 spiro atoms. The largest absolute Gasteiger partial charge is 0.393 e. The number of alkyl halides is 4. The van der Waals surface area contributed by atoms with Gasteiger partial charge in [-0.25, -0.2) is 12.8 Å². The Morgan fingerprint density at radius 3 is 2.40 bits per heavy atom. The number of nitrogen functional groups attached to an aromatic ring is 1. The molecule has 112 valence electrons. The van der Waals surface area contributed by atoms with E-state index in [9.17, 15) is 31.7 Å². The summed E-state index contributed by atoms with van der Waals surface area (Å²) in [4.78, 5) is 8.47. The topological polar surface area (TPSA) is 115 Å². The molecule has 1 atom stereocenters. The highest BCUT2D eigenvalue weighted by Crippen LogP contribution is 2.37.